The first-order valence-electron chi connectivity index (χ1n) is 7.58. The van der Waals surface area contributed by atoms with Crippen molar-refractivity contribution in [1.29, 1.82) is 0 Å². The standard InChI is InChI=1S/C15H29N3O2.ClH/c1-15(2,3)14(20)18-10-5-7-12(11-18)13(19)17-9-6-8-16-4;/h12,16H,5-11H2,1-4H3,(H,17,19);1H. The maximum absolute atomic E-state index is 12.3. The number of carbonyl (C=O) groups excluding carboxylic acids is 2. The number of nitrogens with one attached hydrogen (secondary N) is 2. The maximum Gasteiger partial charge on any atom is 0.227 e. The molecule has 1 rings (SSSR count). The summed E-state index contributed by atoms with van der Waals surface area (Å²) in [5, 5.41) is 6.02. The molecule has 2 amide bonds. The van der Waals surface area contributed by atoms with Crippen LogP contribution in [0.5, 0.6) is 0 Å². The highest BCUT2D eigenvalue weighted by atomic mass is 35.5. The molecule has 0 aromatic rings. The summed E-state index contributed by atoms with van der Waals surface area (Å²) < 4.78 is 0. The lowest BCUT2D eigenvalue weighted by atomic mass is 9.91. The Bertz CT molecular complexity index is 342. The second kappa shape index (κ2) is 9.26. The normalized spacial score (nSPS) is 18.9. The Morgan fingerprint density at radius 2 is 1.90 bits per heavy atom. The molecule has 6 heteroatoms. The Balaban J connectivity index is 0.00000400. The SMILES string of the molecule is CNCCCNC(=O)C1CCCN(C(=O)C(C)(C)C)C1.Cl. The topological polar surface area (TPSA) is 61.4 Å². The van der Waals surface area contributed by atoms with Gasteiger partial charge in [0.2, 0.25) is 11.8 Å². The summed E-state index contributed by atoms with van der Waals surface area (Å²) in [6.07, 6.45) is 2.72. The summed E-state index contributed by atoms with van der Waals surface area (Å²) in [7, 11) is 1.90. The molecule has 0 aliphatic carbocycles. The first kappa shape index (κ1) is 20.2. The number of hydrogen-bond acceptors (Lipinski definition) is 3. The molecule has 21 heavy (non-hydrogen) atoms. The lowest BCUT2D eigenvalue weighted by Gasteiger charge is -2.35. The Labute approximate surface area is 134 Å². The van der Waals surface area contributed by atoms with Gasteiger partial charge >= 0.3 is 0 Å². The quantitative estimate of drug-likeness (QED) is 0.753. The van der Waals surface area contributed by atoms with Gasteiger partial charge in [-0.25, -0.2) is 0 Å². The third kappa shape index (κ3) is 6.66. The van der Waals surface area contributed by atoms with E-state index in [1.54, 1.807) is 0 Å². The average molecular weight is 320 g/mol. The van der Waals surface area contributed by atoms with Crippen molar-refractivity contribution < 1.29 is 9.59 Å². The van der Waals surface area contributed by atoms with Crippen LogP contribution in [0.4, 0.5) is 0 Å². The van der Waals surface area contributed by atoms with Crippen LogP contribution in [0.3, 0.4) is 0 Å². The van der Waals surface area contributed by atoms with Crippen LogP contribution in [0.15, 0.2) is 0 Å². The van der Waals surface area contributed by atoms with Crippen molar-refractivity contribution in [3.63, 3.8) is 0 Å². The van der Waals surface area contributed by atoms with E-state index in [1.165, 1.54) is 0 Å². The fourth-order valence-electron chi connectivity index (χ4n) is 2.47. The number of hydrogen-bond donors (Lipinski definition) is 2. The van der Waals surface area contributed by atoms with E-state index < -0.39 is 0 Å². The van der Waals surface area contributed by atoms with Crippen molar-refractivity contribution in [2.45, 2.75) is 40.0 Å². The minimum absolute atomic E-state index is 0. The second-order valence-corrected chi connectivity index (χ2v) is 6.59. The lowest BCUT2D eigenvalue weighted by Crippen LogP contribution is -2.48. The van der Waals surface area contributed by atoms with Crippen LogP contribution in [-0.2, 0) is 9.59 Å². The van der Waals surface area contributed by atoms with Gasteiger partial charge in [0.05, 0.1) is 5.92 Å². The molecule has 1 aliphatic rings. The number of likely N-dealkylation sites (tertiary alicyclic amines) is 1. The summed E-state index contributed by atoms with van der Waals surface area (Å²) in [4.78, 5) is 26.2. The highest BCUT2D eigenvalue weighted by Crippen LogP contribution is 2.23. The summed E-state index contributed by atoms with van der Waals surface area (Å²) >= 11 is 0. The Kier molecular flexibility index (Phi) is 8.90. The van der Waals surface area contributed by atoms with Crippen LogP contribution < -0.4 is 10.6 Å². The molecule has 1 saturated heterocycles. The van der Waals surface area contributed by atoms with E-state index in [1.807, 2.05) is 32.7 Å². The molecule has 0 spiro atoms. The Hall–Kier alpha value is -0.810. The fraction of sp³-hybridized carbons (Fsp3) is 0.867. The predicted octanol–water partition coefficient (Wildman–Crippen LogP) is 1.42. The monoisotopic (exact) mass is 319 g/mol. The molecule has 0 radical (unpaired) electrons. The third-order valence-electron chi connectivity index (χ3n) is 3.62. The summed E-state index contributed by atoms with van der Waals surface area (Å²) in [6.45, 7) is 8.72. The number of carbonyl (C=O) groups is 2. The first-order chi connectivity index (χ1) is 9.36. The van der Waals surface area contributed by atoms with Crippen LogP contribution in [0, 0.1) is 11.3 Å². The highest BCUT2D eigenvalue weighted by molar-refractivity contribution is 5.85. The molecular formula is C15H30ClN3O2. The van der Waals surface area contributed by atoms with E-state index in [0.29, 0.717) is 13.1 Å². The second-order valence-electron chi connectivity index (χ2n) is 6.59. The number of halogens is 1. The van der Waals surface area contributed by atoms with E-state index in [9.17, 15) is 9.59 Å². The van der Waals surface area contributed by atoms with E-state index in [2.05, 4.69) is 10.6 Å². The number of piperidine rings is 1. The molecule has 124 valence electrons. The molecule has 1 heterocycles. The fourth-order valence-corrected chi connectivity index (χ4v) is 2.47. The van der Waals surface area contributed by atoms with Crippen LogP contribution in [0.2, 0.25) is 0 Å². The van der Waals surface area contributed by atoms with E-state index in [0.717, 1.165) is 32.4 Å². The van der Waals surface area contributed by atoms with Gasteiger partial charge in [0.25, 0.3) is 0 Å². The van der Waals surface area contributed by atoms with Crippen molar-refractivity contribution in [2.75, 3.05) is 33.2 Å². The predicted molar refractivity (Wildman–Crippen MR) is 87.6 cm³/mol. The van der Waals surface area contributed by atoms with E-state index >= 15 is 0 Å². The summed E-state index contributed by atoms with van der Waals surface area (Å²) in [5.41, 5.74) is -0.370. The van der Waals surface area contributed by atoms with Gasteiger partial charge in [-0.05, 0) is 32.9 Å². The van der Waals surface area contributed by atoms with Crippen molar-refractivity contribution >= 4 is 24.2 Å². The van der Waals surface area contributed by atoms with Crippen molar-refractivity contribution in [3.05, 3.63) is 0 Å². The third-order valence-corrected chi connectivity index (χ3v) is 3.62. The molecule has 1 unspecified atom stereocenters. The zero-order valence-corrected chi connectivity index (χ0v) is 14.5. The molecule has 0 aromatic carbocycles. The maximum atomic E-state index is 12.3. The summed E-state index contributed by atoms with van der Waals surface area (Å²) in [5.74, 6) is 0.183. The number of nitrogens with zero attached hydrogens (tertiary/aromatic N) is 1. The first-order valence-corrected chi connectivity index (χ1v) is 7.58. The molecule has 1 atom stereocenters. The van der Waals surface area contributed by atoms with Gasteiger partial charge < -0.3 is 15.5 Å². The molecule has 0 saturated carbocycles. The van der Waals surface area contributed by atoms with E-state index in [-0.39, 0.29) is 35.6 Å². The van der Waals surface area contributed by atoms with Crippen LogP contribution in [0.25, 0.3) is 0 Å². The van der Waals surface area contributed by atoms with Crippen LogP contribution in [0.1, 0.15) is 40.0 Å². The average Bonchev–Trinajstić information content (AvgIpc) is 2.41. The van der Waals surface area contributed by atoms with Crippen molar-refractivity contribution in [1.82, 2.24) is 15.5 Å². The Morgan fingerprint density at radius 1 is 1.24 bits per heavy atom. The molecule has 1 fully saturated rings. The van der Waals surface area contributed by atoms with Crippen LogP contribution in [-0.4, -0.2) is 49.9 Å². The number of rotatable bonds is 5. The van der Waals surface area contributed by atoms with Gasteiger partial charge in [0.1, 0.15) is 0 Å². The molecule has 0 bridgehead atoms. The smallest absolute Gasteiger partial charge is 0.227 e. The van der Waals surface area contributed by atoms with Gasteiger partial charge in [0.15, 0.2) is 0 Å². The van der Waals surface area contributed by atoms with E-state index in [4.69, 9.17) is 0 Å². The van der Waals surface area contributed by atoms with Gasteiger partial charge in [-0.1, -0.05) is 20.8 Å². The highest BCUT2D eigenvalue weighted by Gasteiger charge is 2.33. The van der Waals surface area contributed by atoms with Gasteiger partial charge in [-0.15, -0.1) is 12.4 Å². The molecule has 5 nitrogen and oxygen atoms in total. The minimum Gasteiger partial charge on any atom is -0.356 e. The molecule has 1 aliphatic heterocycles. The minimum atomic E-state index is -0.370. The lowest BCUT2D eigenvalue weighted by molar-refractivity contribution is -0.142. The zero-order valence-electron chi connectivity index (χ0n) is 13.7. The number of amides is 2. The molecule has 0 aromatic heterocycles. The van der Waals surface area contributed by atoms with Crippen molar-refractivity contribution in [2.24, 2.45) is 11.3 Å². The molecule has 2 N–H and O–H groups in total. The summed E-state index contributed by atoms with van der Waals surface area (Å²) in [6, 6.07) is 0. The Morgan fingerprint density at radius 3 is 2.48 bits per heavy atom. The van der Waals surface area contributed by atoms with Crippen molar-refractivity contribution in [3.8, 4) is 0 Å². The van der Waals surface area contributed by atoms with Crippen LogP contribution >= 0.6 is 12.4 Å². The zero-order chi connectivity index (χ0) is 15.2. The van der Waals surface area contributed by atoms with Gasteiger partial charge in [0, 0.05) is 25.0 Å². The largest absolute Gasteiger partial charge is 0.356 e. The van der Waals surface area contributed by atoms with Gasteiger partial charge in [-0.3, -0.25) is 9.59 Å². The molecular weight excluding hydrogens is 290 g/mol. The van der Waals surface area contributed by atoms with Gasteiger partial charge in [-0.2, -0.15) is 0 Å².